The molecule has 1 aliphatic rings. The minimum absolute atomic E-state index is 0.0240. The summed E-state index contributed by atoms with van der Waals surface area (Å²) >= 11 is 0. The fourth-order valence-corrected chi connectivity index (χ4v) is 4.53. The smallest absolute Gasteiger partial charge is 0.254 e. The fraction of sp³-hybridized carbons (Fsp3) is 0.267. The van der Waals surface area contributed by atoms with Gasteiger partial charge in [0.05, 0.1) is 25.6 Å². The van der Waals surface area contributed by atoms with Crippen molar-refractivity contribution in [1.29, 1.82) is 0 Å². The molecule has 200 valence electrons. The van der Waals surface area contributed by atoms with Gasteiger partial charge in [-0.05, 0) is 67.6 Å². The molecule has 0 saturated carbocycles. The van der Waals surface area contributed by atoms with Crippen LogP contribution in [0.1, 0.15) is 21.7 Å². The van der Waals surface area contributed by atoms with Crippen LogP contribution in [0.4, 0.5) is 5.82 Å². The number of carbonyl (C=O) groups excluding carboxylic acids is 2. The van der Waals surface area contributed by atoms with Crippen LogP contribution in [-0.2, 0) is 11.3 Å². The van der Waals surface area contributed by atoms with Gasteiger partial charge in [-0.3, -0.25) is 9.59 Å². The molecule has 1 fully saturated rings. The second-order valence-electron chi connectivity index (χ2n) is 9.48. The summed E-state index contributed by atoms with van der Waals surface area (Å²) < 4.78 is 10.7. The predicted octanol–water partition coefficient (Wildman–Crippen LogP) is 4.04. The first-order valence-electron chi connectivity index (χ1n) is 12.9. The first-order chi connectivity index (χ1) is 19.0. The predicted molar refractivity (Wildman–Crippen MR) is 147 cm³/mol. The van der Waals surface area contributed by atoms with Gasteiger partial charge in [0.1, 0.15) is 18.1 Å². The van der Waals surface area contributed by atoms with Crippen LogP contribution in [0.15, 0.2) is 83.5 Å². The number of methoxy groups -OCH3 is 1. The molecular weight excluding hydrogens is 494 g/mol. The first kappa shape index (κ1) is 26.0. The third kappa shape index (κ3) is 6.26. The van der Waals surface area contributed by atoms with Crippen LogP contribution in [0.2, 0.25) is 0 Å². The van der Waals surface area contributed by atoms with Crippen molar-refractivity contribution in [2.45, 2.75) is 13.5 Å². The van der Waals surface area contributed by atoms with Gasteiger partial charge in [0.2, 0.25) is 5.91 Å². The molecule has 2 amide bonds. The molecule has 2 aromatic carbocycles. The maximum Gasteiger partial charge on any atom is 0.254 e. The van der Waals surface area contributed by atoms with Crippen LogP contribution in [0, 0.1) is 6.92 Å². The van der Waals surface area contributed by atoms with E-state index in [2.05, 4.69) is 15.1 Å². The molecule has 2 aromatic heterocycles. The van der Waals surface area contributed by atoms with Crippen molar-refractivity contribution in [3.8, 4) is 17.0 Å². The van der Waals surface area contributed by atoms with Crippen molar-refractivity contribution in [1.82, 2.24) is 20.0 Å². The summed E-state index contributed by atoms with van der Waals surface area (Å²) in [6.45, 7) is 4.51. The average Bonchev–Trinajstić information content (AvgIpc) is 3.50. The third-order valence-corrected chi connectivity index (χ3v) is 6.83. The lowest BCUT2D eigenvalue weighted by molar-refractivity contribution is -0.132. The van der Waals surface area contributed by atoms with Crippen molar-refractivity contribution in [2.75, 3.05) is 44.7 Å². The van der Waals surface area contributed by atoms with Gasteiger partial charge in [-0.15, -0.1) is 10.2 Å². The Hall–Kier alpha value is -4.66. The normalized spacial score (nSPS) is 13.3. The molecule has 39 heavy (non-hydrogen) atoms. The summed E-state index contributed by atoms with van der Waals surface area (Å²) in [6.07, 6.45) is 1.57. The Morgan fingerprint density at radius 2 is 1.67 bits per heavy atom. The van der Waals surface area contributed by atoms with E-state index in [1.807, 2.05) is 55.5 Å². The number of benzene rings is 2. The molecule has 4 aromatic rings. The second kappa shape index (κ2) is 11.8. The van der Waals surface area contributed by atoms with Gasteiger partial charge in [-0.2, -0.15) is 0 Å². The number of rotatable bonds is 8. The summed E-state index contributed by atoms with van der Waals surface area (Å²) in [4.78, 5) is 32.0. The van der Waals surface area contributed by atoms with Crippen LogP contribution in [0.5, 0.6) is 5.75 Å². The number of nitrogens with zero attached hydrogens (tertiary/aromatic N) is 5. The maximum absolute atomic E-state index is 13.3. The molecule has 0 radical (unpaired) electrons. The summed E-state index contributed by atoms with van der Waals surface area (Å²) in [5, 5.41) is 8.82. The van der Waals surface area contributed by atoms with Gasteiger partial charge in [-0.1, -0.05) is 17.7 Å². The number of aromatic nitrogens is 2. The molecule has 0 bridgehead atoms. The lowest BCUT2D eigenvalue weighted by atomic mass is 10.1. The number of hydrogen-bond acceptors (Lipinski definition) is 7. The number of furan rings is 1. The number of hydrogen-bond donors (Lipinski definition) is 0. The van der Waals surface area contributed by atoms with Crippen LogP contribution in [-0.4, -0.2) is 71.6 Å². The maximum atomic E-state index is 13.3. The zero-order valence-corrected chi connectivity index (χ0v) is 22.1. The van der Waals surface area contributed by atoms with Gasteiger partial charge in [0, 0.05) is 37.3 Å². The Labute approximate surface area is 227 Å². The second-order valence-corrected chi connectivity index (χ2v) is 9.48. The lowest BCUT2D eigenvalue weighted by Gasteiger charge is -2.36. The van der Waals surface area contributed by atoms with E-state index in [1.54, 1.807) is 47.4 Å². The molecule has 0 N–H and O–H groups in total. The van der Waals surface area contributed by atoms with Gasteiger partial charge >= 0.3 is 0 Å². The minimum Gasteiger partial charge on any atom is -0.497 e. The van der Waals surface area contributed by atoms with E-state index < -0.39 is 0 Å². The standard InChI is InChI=1S/C30H31N5O4/c1-22-5-7-24(8-6-22)30(37)35(20-26-4-3-19-39-26)21-29(36)34-17-15-33(16-18-34)28-14-13-27(31-32-28)23-9-11-25(38-2)12-10-23/h3-14,19H,15-18,20-21H2,1-2H3. The van der Waals surface area contributed by atoms with Gasteiger partial charge < -0.3 is 23.9 Å². The van der Waals surface area contributed by atoms with Crippen LogP contribution < -0.4 is 9.64 Å². The van der Waals surface area contributed by atoms with Gasteiger partial charge in [-0.25, -0.2) is 0 Å². The van der Waals surface area contributed by atoms with E-state index >= 15 is 0 Å². The Kier molecular flexibility index (Phi) is 7.86. The molecule has 1 aliphatic heterocycles. The van der Waals surface area contributed by atoms with Crippen molar-refractivity contribution in [3.05, 3.63) is 95.9 Å². The number of piperazine rings is 1. The van der Waals surface area contributed by atoms with E-state index in [0.29, 0.717) is 37.5 Å². The van der Waals surface area contributed by atoms with E-state index in [4.69, 9.17) is 9.15 Å². The first-order valence-corrected chi connectivity index (χ1v) is 12.9. The summed E-state index contributed by atoms with van der Waals surface area (Å²) in [6, 6.07) is 22.5. The number of carbonyl (C=O) groups is 2. The minimum atomic E-state index is -0.203. The molecule has 9 nitrogen and oxygen atoms in total. The quantitative estimate of drug-likeness (QED) is 0.343. The van der Waals surface area contributed by atoms with Gasteiger partial charge in [0.15, 0.2) is 5.82 Å². The third-order valence-electron chi connectivity index (χ3n) is 6.83. The molecule has 3 heterocycles. The van der Waals surface area contributed by atoms with E-state index in [1.165, 1.54) is 0 Å². The molecule has 1 saturated heterocycles. The monoisotopic (exact) mass is 525 g/mol. The van der Waals surface area contributed by atoms with Gasteiger partial charge in [0.25, 0.3) is 5.91 Å². The number of amides is 2. The topological polar surface area (TPSA) is 92.0 Å². The molecule has 5 rings (SSSR count). The summed E-state index contributed by atoms with van der Waals surface area (Å²) in [5.41, 5.74) is 3.36. The van der Waals surface area contributed by atoms with Crippen LogP contribution >= 0.6 is 0 Å². The molecule has 0 unspecified atom stereocenters. The largest absolute Gasteiger partial charge is 0.497 e. The van der Waals surface area contributed by atoms with Crippen LogP contribution in [0.3, 0.4) is 0 Å². The van der Waals surface area contributed by atoms with Crippen molar-refractivity contribution in [3.63, 3.8) is 0 Å². The summed E-state index contributed by atoms with van der Waals surface area (Å²) in [5.74, 6) is 1.89. The average molecular weight is 526 g/mol. The Morgan fingerprint density at radius 3 is 2.28 bits per heavy atom. The number of aryl methyl sites for hydroxylation is 1. The Morgan fingerprint density at radius 1 is 0.923 bits per heavy atom. The van der Waals surface area contributed by atoms with E-state index in [0.717, 1.165) is 28.4 Å². The molecule has 0 aliphatic carbocycles. The SMILES string of the molecule is COc1ccc(-c2ccc(N3CCN(C(=O)CN(Cc4ccco4)C(=O)c4ccc(C)cc4)CC3)nn2)cc1. The van der Waals surface area contributed by atoms with E-state index in [9.17, 15) is 9.59 Å². The zero-order valence-electron chi connectivity index (χ0n) is 22.1. The Bertz CT molecular complexity index is 1380. The molecule has 0 atom stereocenters. The molecular formula is C30H31N5O4. The lowest BCUT2D eigenvalue weighted by Crippen LogP contribution is -2.52. The number of ether oxygens (including phenoxy) is 1. The van der Waals surface area contributed by atoms with E-state index in [-0.39, 0.29) is 24.9 Å². The van der Waals surface area contributed by atoms with Crippen molar-refractivity contribution >= 4 is 17.6 Å². The highest BCUT2D eigenvalue weighted by Crippen LogP contribution is 2.22. The van der Waals surface area contributed by atoms with Crippen molar-refractivity contribution < 1.29 is 18.7 Å². The molecule has 0 spiro atoms. The summed E-state index contributed by atoms with van der Waals surface area (Å²) in [7, 11) is 1.64. The van der Waals surface area contributed by atoms with Crippen LogP contribution in [0.25, 0.3) is 11.3 Å². The van der Waals surface area contributed by atoms with Crippen molar-refractivity contribution in [2.24, 2.45) is 0 Å². The number of anilines is 1. The fourth-order valence-electron chi connectivity index (χ4n) is 4.53. The highest BCUT2D eigenvalue weighted by molar-refractivity contribution is 5.96. The highest BCUT2D eigenvalue weighted by atomic mass is 16.5. The molecule has 9 heteroatoms. The highest BCUT2D eigenvalue weighted by Gasteiger charge is 2.26. The Balaban J connectivity index is 1.20. The zero-order chi connectivity index (χ0) is 27.2.